The molecule has 0 bridgehead atoms. The minimum atomic E-state index is -3.17. The van der Waals surface area contributed by atoms with Gasteiger partial charge in [-0.1, -0.05) is 41.9 Å². The molecule has 0 radical (unpaired) electrons. The number of halogens is 1. The van der Waals surface area contributed by atoms with E-state index in [1.54, 1.807) is 13.8 Å². The van der Waals surface area contributed by atoms with Crippen LogP contribution in [0.5, 0.6) is 5.75 Å². The molecule has 112 valence electrons. The Hall–Kier alpha value is -0.550. The average Bonchev–Trinajstić information content (AvgIpc) is 2.63. The third-order valence-electron chi connectivity index (χ3n) is 4.18. The molecule has 0 fully saturated rings. The highest BCUT2D eigenvalue weighted by Gasteiger charge is 2.40. The highest BCUT2D eigenvalue weighted by atomic mass is 79.9. The van der Waals surface area contributed by atoms with Gasteiger partial charge in [-0.3, -0.25) is 0 Å². The lowest BCUT2D eigenvalue weighted by atomic mass is 9.85. The Morgan fingerprint density at radius 3 is 2.50 bits per heavy atom. The molecular weight excluding hydrogens is 340 g/mol. The van der Waals surface area contributed by atoms with Crippen LogP contribution < -0.4 is 4.74 Å². The van der Waals surface area contributed by atoms with Gasteiger partial charge in [0.25, 0.3) is 0 Å². The Balaban J connectivity index is 2.46. The zero-order valence-electron chi connectivity index (χ0n) is 12.5. The molecule has 5 heteroatoms. The largest absolute Gasteiger partial charge is 0.492 e. The predicted octanol–water partition coefficient (Wildman–Crippen LogP) is 3.62. The Bertz CT molecular complexity index is 633. The van der Waals surface area contributed by atoms with E-state index in [2.05, 4.69) is 35.8 Å². The summed E-state index contributed by atoms with van der Waals surface area (Å²) in [6.45, 7) is 8.42. The van der Waals surface area contributed by atoms with Gasteiger partial charge in [0, 0.05) is 17.2 Å². The maximum absolute atomic E-state index is 12.0. The van der Waals surface area contributed by atoms with Crippen molar-refractivity contribution in [2.24, 2.45) is 0 Å². The number of benzene rings is 1. The van der Waals surface area contributed by atoms with Crippen LogP contribution in [0, 0.1) is 0 Å². The highest BCUT2D eigenvalue weighted by molar-refractivity contribution is 9.09. The SMILES string of the molecule is CC1(C)COc2ccc(C(Br)C(C)(C)S(C)(=O)=O)cc21. The number of fused-ring (bicyclic) bond motifs is 1. The van der Waals surface area contributed by atoms with Crippen LogP contribution in [0.15, 0.2) is 18.2 Å². The molecule has 1 atom stereocenters. The van der Waals surface area contributed by atoms with Gasteiger partial charge in [-0.2, -0.15) is 0 Å². The summed E-state index contributed by atoms with van der Waals surface area (Å²) in [5.41, 5.74) is 2.08. The molecule has 20 heavy (non-hydrogen) atoms. The molecule has 1 aliphatic heterocycles. The quantitative estimate of drug-likeness (QED) is 0.773. The maximum atomic E-state index is 12.0. The lowest BCUT2D eigenvalue weighted by Gasteiger charge is -2.29. The van der Waals surface area contributed by atoms with Crippen molar-refractivity contribution in [2.45, 2.75) is 42.7 Å². The van der Waals surface area contributed by atoms with Gasteiger partial charge in [0.1, 0.15) is 5.75 Å². The molecule has 0 N–H and O–H groups in total. The first-order chi connectivity index (χ1) is 8.97. The van der Waals surface area contributed by atoms with Crippen molar-refractivity contribution in [1.29, 1.82) is 0 Å². The van der Waals surface area contributed by atoms with E-state index in [1.807, 2.05) is 12.1 Å². The van der Waals surface area contributed by atoms with E-state index in [-0.39, 0.29) is 10.2 Å². The second-order valence-electron chi connectivity index (χ2n) is 6.67. The molecular formula is C15H21BrO3S. The summed E-state index contributed by atoms with van der Waals surface area (Å²) in [5.74, 6) is 0.899. The van der Waals surface area contributed by atoms with Gasteiger partial charge in [0.15, 0.2) is 9.84 Å². The summed E-state index contributed by atoms with van der Waals surface area (Å²) in [7, 11) is -3.17. The highest BCUT2D eigenvalue weighted by Crippen LogP contribution is 2.44. The Morgan fingerprint density at radius 2 is 1.95 bits per heavy atom. The van der Waals surface area contributed by atoms with Crippen LogP contribution in [0.25, 0.3) is 0 Å². The number of ether oxygens (including phenoxy) is 1. The Morgan fingerprint density at radius 1 is 1.35 bits per heavy atom. The van der Waals surface area contributed by atoms with Crippen LogP contribution in [0.2, 0.25) is 0 Å². The molecule has 0 aromatic heterocycles. The van der Waals surface area contributed by atoms with E-state index in [9.17, 15) is 8.42 Å². The molecule has 0 saturated carbocycles. The van der Waals surface area contributed by atoms with Crippen molar-refractivity contribution in [3.63, 3.8) is 0 Å². The summed E-state index contributed by atoms with van der Waals surface area (Å²) in [6.07, 6.45) is 1.28. The third-order valence-corrected chi connectivity index (χ3v) is 8.30. The molecule has 0 amide bonds. The van der Waals surface area contributed by atoms with Crippen molar-refractivity contribution < 1.29 is 13.2 Å². The maximum Gasteiger partial charge on any atom is 0.154 e. The van der Waals surface area contributed by atoms with Crippen LogP contribution in [-0.2, 0) is 15.3 Å². The van der Waals surface area contributed by atoms with Crippen LogP contribution in [0.4, 0.5) is 0 Å². The summed E-state index contributed by atoms with van der Waals surface area (Å²) in [4.78, 5) is -0.258. The average molecular weight is 361 g/mol. The van der Waals surface area contributed by atoms with E-state index < -0.39 is 14.6 Å². The molecule has 3 nitrogen and oxygen atoms in total. The normalized spacial score (nSPS) is 19.3. The molecule has 1 aromatic carbocycles. The first-order valence-corrected chi connectivity index (χ1v) is 9.38. The molecule has 1 unspecified atom stereocenters. The number of hydrogen-bond donors (Lipinski definition) is 0. The van der Waals surface area contributed by atoms with Crippen molar-refractivity contribution in [1.82, 2.24) is 0 Å². The summed E-state index contributed by atoms with van der Waals surface area (Å²) in [5, 5.41) is 0. The van der Waals surface area contributed by atoms with E-state index in [1.165, 1.54) is 6.26 Å². The van der Waals surface area contributed by atoms with Gasteiger partial charge in [0.2, 0.25) is 0 Å². The molecule has 1 aliphatic rings. The first-order valence-electron chi connectivity index (χ1n) is 6.58. The lowest BCUT2D eigenvalue weighted by molar-refractivity contribution is 0.291. The minimum Gasteiger partial charge on any atom is -0.492 e. The van der Waals surface area contributed by atoms with E-state index >= 15 is 0 Å². The molecule has 1 heterocycles. The zero-order valence-corrected chi connectivity index (χ0v) is 14.9. The molecule has 0 aliphatic carbocycles. The van der Waals surface area contributed by atoms with Gasteiger partial charge in [-0.25, -0.2) is 8.42 Å². The molecule has 0 spiro atoms. The number of rotatable bonds is 3. The zero-order chi connectivity index (χ0) is 15.3. The summed E-state index contributed by atoms with van der Waals surface area (Å²) >= 11 is 3.57. The second-order valence-corrected chi connectivity index (χ2v) is 10.2. The number of alkyl halides is 1. The smallest absolute Gasteiger partial charge is 0.154 e. The summed E-state index contributed by atoms with van der Waals surface area (Å²) < 4.78 is 28.7. The Kier molecular flexibility index (Phi) is 3.75. The fraction of sp³-hybridized carbons (Fsp3) is 0.600. The van der Waals surface area contributed by atoms with E-state index in [0.29, 0.717) is 6.61 Å². The van der Waals surface area contributed by atoms with Crippen molar-refractivity contribution >= 4 is 25.8 Å². The second kappa shape index (κ2) is 4.73. The molecule has 2 rings (SSSR count). The fourth-order valence-corrected chi connectivity index (χ4v) is 4.10. The van der Waals surface area contributed by atoms with Gasteiger partial charge < -0.3 is 4.74 Å². The van der Waals surface area contributed by atoms with Crippen LogP contribution in [0.3, 0.4) is 0 Å². The predicted molar refractivity (Wildman–Crippen MR) is 85.6 cm³/mol. The number of sulfone groups is 1. The fourth-order valence-electron chi connectivity index (χ4n) is 2.29. The van der Waals surface area contributed by atoms with Crippen molar-refractivity contribution in [3.05, 3.63) is 29.3 Å². The van der Waals surface area contributed by atoms with Gasteiger partial charge in [-0.15, -0.1) is 0 Å². The van der Waals surface area contributed by atoms with E-state index in [0.717, 1.165) is 16.9 Å². The van der Waals surface area contributed by atoms with Crippen LogP contribution in [0.1, 0.15) is 43.6 Å². The van der Waals surface area contributed by atoms with Gasteiger partial charge >= 0.3 is 0 Å². The third kappa shape index (κ3) is 2.50. The first kappa shape index (κ1) is 15.8. The van der Waals surface area contributed by atoms with E-state index in [4.69, 9.17) is 4.74 Å². The topological polar surface area (TPSA) is 43.4 Å². The van der Waals surface area contributed by atoms with Crippen molar-refractivity contribution in [2.75, 3.05) is 12.9 Å². The van der Waals surface area contributed by atoms with Crippen molar-refractivity contribution in [3.8, 4) is 5.75 Å². The molecule has 0 saturated heterocycles. The van der Waals surface area contributed by atoms with Gasteiger partial charge in [-0.05, 0) is 25.5 Å². The molecule has 1 aromatic rings. The van der Waals surface area contributed by atoms with Gasteiger partial charge in [0.05, 0.1) is 16.2 Å². The summed E-state index contributed by atoms with van der Waals surface area (Å²) in [6, 6.07) is 5.94. The monoisotopic (exact) mass is 360 g/mol. The number of hydrogen-bond acceptors (Lipinski definition) is 3. The standard InChI is InChI=1S/C15H21BrO3S/c1-14(2)9-19-12-7-6-10(8-11(12)14)13(16)15(3,4)20(5,17)18/h6-8,13H,9H2,1-5H3. The van der Waals surface area contributed by atoms with Crippen LogP contribution >= 0.6 is 15.9 Å². The minimum absolute atomic E-state index is 0.0344. The lowest BCUT2D eigenvalue weighted by Crippen LogP contribution is -2.35. The Labute approximate surface area is 129 Å². The van der Waals surface area contributed by atoms with Crippen LogP contribution in [-0.4, -0.2) is 26.0 Å².